The minimum atomic E-state index is -0.0716. The topological polar surface area (TPSA) is 109 Å². The number of hydrogen-bond acceptors (Lipinski definition) is 8. The van der Waals surface area contributed by atoms with Gasteiger partial charge in [0.15, 0.2) is 11.6 Å². The highest BCUT2D eigenvalue weighted by atomic mass is 32.2. The minimum Gasteiger partial charge on any atom is -0.469 e. The van der Waals surface area contributed by atoms with Crippen LogP contribution in [0.1, 0.15) is 49.4 Å². The molecule has 3 heterocycles. The summed E-state index contributed by atoms with van der Waals surface area (Å²) in [4.78, 5) is 4.43. The Morgan fingerprint density at radius 2 is 2.21 bits per heavy atom. The van der Waals surface area contributed by atoms with E-state index in [4.69, 9.17) is 14.8 Å². The van der Waals surface area contributed by atoms with Crippen LogP contribution in [0.25, 0.3) is 11.4 Å². The van der Waals surface area contributed by atoms with Gasteiger partial charge in [0.1, 0.15) is 5.76 Å². The van der Waals surface area contributed by atoms with Gasteiger partial charge in [0.25, 0.3) is 0 Å². The summed E-state index contributed by atoms with van der Waals surface area (Å²) in [6, 6.07) is 1.82. The second-order valence-corrected chi connectivity index (χ2v) is 6.79. The van der Waals surface area contributed by atoms with E-state index in [9.17, 15) is 0 Å². The Morgan fingerprint density at radius 3 is 2.92 bits per heavy atom. The molecule has 3 rings (SSSR count). The van der Waals surface area contributed by atoms with Gasteiger partial charge in [0.05, 0.1) is 17.1 Å². The Bertz CT molecular complexity index is 809. The number of unbranched alkanes of at least 4 members (excludes halogenated alkanes) is 1. The Labute approximate surface area is 143 Å². The number of thioether (sulfide) groups is 1. The molecular formula is C15H20N6O2S. The van der Waals surface area contributed by atoms with Crippen molar-refractivity contribution in [3.8, 4) is 11.4 Å². The third-order valence-electron chi connectivity index (χ3n) is 3.63. The van der Waals surface area contributed by atoms with Crippen LogP contribution in [-0.2, 0) is 6.42 Å². The van der Waals surface area contributed by atoms with Gasteiger partial charge in [-0.2, -0.15) is 4.98 Å². The second kappa shape index (κ2) is 7.08. The summed E-state index contributed by atoms with van der Waals surface area (Å²) in [5, 5.41) is 12.8. The zero-order valence-corrected chi connectivity index (χ0v) is 14.7. The van der Waals surface area contributed by atoms with Crippen molar-refractivity contribution in [3.05, 3.63) is 29.8 Å². The summed E-state index contributed by atoms with van der Waals surface area (Å²) in [6.45, 7) is 5.96. The Balaban J connectivity index is 1.73. The SMILES string of the molecule is CCCCc1noc(C(C)Sc2nnc(-c3ccoc3C)n2N)n1. The highest BCUT2D eigenvalue weighted by molar-refractivity contribution is 7.99. The fourth-order valence-corrected chi connectivity index (χ4v) is 3.04. The normalized spacial score (nSPS) is 12.6. The first kappa shape index (κ1) is 16.6. The number of nitrogens with two attached hydrogens (primary N) is 1. The number of aryl methyl sites for hydroxylation is 2. The van der Waals surface area contributed by atoms with Crippen LogP contribution in [-0.4, -0.2) is 25.0 Å². The lowest BCUT2D eigenvalue weighted by atomic mass is 10.2. The quantitative estimate of drug-likeness (QED) is 0.512. The van der Waals surface area contributed by atoms with Gasteiger partial charge in [0, 0.05) is 6.42 Å². The summed E-state index contributed by atoms with van der Waals surface area (Å²) in [5.41, 5.74) is 0.823. The maximum Gasteiger partial charge on any atom is 0.239 e. The number of nitrogens with zero attached hydrogens (tertiary/aromatic N) is 5. The van der Waals surface area contributed by atoms with Crippen LogP contribution in [0.3, 0.4) is 0 Å². The van der Waals surface area contributed by atoms with Crippen molar-refractivity contribution in [2.45, 2.75) is 50.4 Å². The molecule has 0 aliphatic rings. The third-order valence-corrected chi connectivity index (χ3v) is 4.68. The molecule has 0 radical (unpaired) electrons. The molecule has 0 aromatic carbocycles. The smallest absolute Gasteiger partial charge is 0.239 e. The summed E-state index contributed by atoms with van der Waals surface area (Å²) >= 11 is 1.42. The lowest BCUT2D eigenvalue weighted by molar-refractivity contribution is 0.374. The Hall–Kier alpha value is -2.29. The van der Waals surface area contributed by atoms with E-state index < -0.39 is 0 Å². The van der Waals surface area contributed by atoms with Crippen molar-refractivity contribution in [1.29, 1.82) is 0 Å². The maximum absolute atomic E-state index is 6.12. The molecule has 0 saturated heterocycles. The van der Waals surface area contributed by atoms with Crippen LogP contribution in [0.4, 0.5) is 0 Å². The van der Waals surface area contributed by atoms with Crippen LogP contribution in [0.15, 0.2) is 26.4 Å². The molecular weight excluding hydrogens is 328 g/mol. The largest absolute Gasteiger partial charge is 0.469 e. The van der Waals surface area contributed by atoms with E-state index in [2.05, 4.69) is 27.3 Å². The molecule has 0 saturated carbocycles. The summed E-state index contributed by atoms with van der Waals surface area (Å²) in [7, 11) is 0. The number of aromatic nitrogens is 5. The van der Waals surface area contributed by atoms with Crippen LogP contribution in [0.2, 0.25) is 0 Å². The molecule has 0 amide bonds. The van der Waals surface area contributed by atoms with E-state index in [1.807, 2.05) is 19.9 Å². The fourth-order valence-electron chi connectivity index (χ4n) is 2.24. The lowest BCUT2D eigenvalue weighted by Crippen LogP contribution is -2.12. The molecule has 1 atom stereocenters. The van der Waals surface area contributed by atoms with Crippen LogP contribution in [0.5, 0.6) is 0 Å². The van der Waals surface area contributed by atoms with E-state index in [1.54, 1.807) is 6.26 Å². The second-order valence-electron chi connectivity index (χ2n) is 5.48. The summed E-state index contributed by atoms with van der Waals surface area (Å²) < 4.78 is 12.1. The average molecular weight is 348 g/mol. The molecule has 0 aliphatic heterocycles. The fraction of sp³-hybridized carbons (Fsp3) is 0.467. The van der Waals surface area contributed by atoms with Crippen molar-refractivity contribution >= 4 is 11.8 Å². The van der Waals surface area contributed by atoms with Gasteiger partial charge in [-0.1, -0.05) is 30.3 Å². The molecule has 24 heavy (non-hydrogen) atoms. The van der Waals surface area contributed by atoms with Crippen molar-refractivity contribution in [2.24, 2.45) is 0 Å². The minimum absolute atomic E-state index is 0.0716. The lowest BCUT2D eigenvalue weighted by Gasteiger charge is -2.06. The number of nitrogen functional groups attached to an aromatic ring is 1. The molecule has 9 heteroatoms. The molecule has 3 aromatic rings. The van der Waals surface area contributed by atoms with Crippen molar-refractivity contribution in [2.75, 3.05) is 5.84 Å². The number of rotatable bonds is 7. The number of hydrogen-bond donors (Lipinski definition) is 1. The Morgan fingerprint density at radius 1 is 1.38 bits per heavy atom. The van der Waals surface area contributed by atoms with Gasteiger partial charge < -0.3 is 14.8 Å². The molecule has 128 valence electrons. The van der Waals surface area contributed by atoms with Crippen molar-refractivity contribution in [3.63, 3.8) is 0 Å². The van der Waals surface area contributed by atoms with Crippen LogP contribution in [0, 0.1) is 6.92 Å². The Kier molecular flexibility index (Phi) is 4.89. The molecule has 8 nitrogen and oxygen atoms in total. The third kappa shape index (κ3) is 3.30. The average Bonchev–Trinajstić information content (AvgIpc) is 3.27. The molecule has 0 bridgehead atoms. The summed E-state index contributed by atoms with van der Waals surface area (Å²) in [6.07, 6.45) is 4.57. The van der Waals surface area contributed by atoms with Crippen molar-refractivity contribution < 1.29 is 8.94 Å². The first-order chi connectivity index (χ1) is 11.6. The zero-order chi connectivity index (χ0) is 17.1. The first-order valence-corrected chi connectivity index (χ1v) is 8.72. The predicted octanol–water partition coefficient (Wildman–Crippen LogP) is 3.14. The van der Waals surface area contributed by atoms with Gasteiger partial charge in [-0.25, -0.2) is 4.68 Å². The van der Waals surface area contributed by atoms with Crippen LogP contribution >= 0.6 is 11.8 Å². The maximum atomic E-state index is 6.12. The van der Waals surface area contributed by atoms with E-state index in [0.29, 0.717) is 16.9 Å². The standard InChI is InChI=1S/C15H20N6O2S/c1-4-5-6-12-17-14(23-20-12)10(3)24-15-19-18-13(21(15)16)11-7-8-22-9(11)2/h7-8,10H,4-6,16H2,1-3H3. The van der Waals surface area contributed by atoms with E-state index in [1.165, 1.54) is 16.4 Å². The summed E-state index contributed by atoms with van der Waals surface area (Å²) in [5.74, 6) is 8.73. The highest BCUT2D eigenvalue weighted by Gasteiger charge is 2.21. The van der Waals surface area contributed by atoms with Gasteiger partial charge in [-0.05, 0) is 26.3 Å². The molecule has 0 aliphatic carbocycles. The highest BCUT2D eigenvalue weighted by Crippen LogP contribution is 2.34. The van der Waals surface area contributed by atoms with Gasteiger partial charge in [-0.3, -0.25) is 0 Å². The van der Waals surface area contributed by atoms with Gasteiger partial charge in [0.2, 0.25) is 11.0 Å². The monoisotopic (exact) mass is 348 g/mol. The molecule has 1 unspecified atom stereocenters. The molecule has 2 N–H and O–H groups in total. The van der Waals surface area contributed by atoms with Crippen molar-refractivity contribution in [1.82, 2.24) is 25.0 Å². The molecule has 0 fully saturated rings. The predicted molar refractivity (Wildman–Crippen MR) is 89.8 cm³/mol. The van der Waals surface area contributed by atoms with Crippen LogP contribution < -0.4 is 5.84 Å². The van der Waals surface area contributed by atoms with E-state index in [0.717, 1.165) is 36.4 Å². The number of furan rings is 1. The zero-order valence-electron chi connectivity index (χ0n) is 13.9. The van der Waals surface area contributed by atoms with E-state index >= 15 is 0 Å². The molecule has 0 spiro atoms. The van der Waals surface area contributed by atoms with Gasteiger partial charge >= 0.3 is 0 Å². The molecule has 3 aromatic heterocycles. The van der Waals surface area contributed by atoms with E-state index in [-0.39, 0.29) is 5.25 Å². The van der Waals surface area contributed by atoms with Gasteiger partial charge in [-0.15, -0.1) is 10.2 Å². The first-order valence-electron chi connectivity index (χ1n) is 7.84.